The highest BCUT2D eigenvalue weighted by Gasteiger charge is 2.56. The molecular formula is C15H19NO3S. The van der Waals surface area contributed by atoms with Crippen LogP contribution < -0.4 is 0 Å². The van der Waals surface area contributed by atoms with Crippen LogP contribution in [0, 0.1) is 11.3 Å². The Morgan fingerprint density at radius 3 is 2.95 bits per heavy atom. The Morgan fingerprint density at radius 1 is 1.55 bits per heavy atom. The van der Waals surface area contributed by atoms with Gasteiger partial charge in [0.2, 0.25) is 5.91 Å². The lowest BCUT2D eigenvalue weighted by molar-refractivity contribution is -0.149. The van der Waals surface area contributed by atoms with Crippen LogP contribution in [0.25, 0.3) is 0 Å². The maximum atomic E-state index is 12.6. The van der Waals surface area contributed by atoms with E-state index in [-0.39, 0.29) is 17.7 Å². The van der Waals surface area contributed by atoms with E-state index in [4.69, 9.17) is 0 Å². The van der Waals surface area contributed by atoms with Gasteiger partial charge in [0.05, 0.1) is 11.3 Å². The molecule has 2 heterocycles. The summed E-state index contributed by atoms with van der Waals surface area (Å²) in [4.78, 5) is 27.0. The quantitative estimate of drug-likeness (QED) is 0.932. The molecule has 0 bridgehead atoms. The summed E-state index contributed by atoms with van der Waals surface area (Å²) in [7, 11) is 0. The fraction of sp³-hybridized carbons (Fsp3) is 0.600. The molecule has 3 rings (SSSR count). The van der Waals surface area contributed by atoms with E-state index in [2.05, 4.69) is 0 Å². The van der Waals surface area contributed by atoms with E-state index < -0.39 is 11.4 Å². The molecule has 0 spiro atoms. The SMILES string of the molecule is CC(C(=O)N1C[C@@H]2CCC[C@@]2(C(=O)O)C1)c1cccs1. The minimum absolute atomic E-state index is 0.0717. The third-order valence-corrected chi connectivity index (χ3v) is 6.00. The molecule has 1 aliphatic heterocycles. The molecule has 3 atom stereocenters. The fourth-order valence-corrected chi connectivity index (χ4v) is 4.52. The first kappa shape index (κ1) is 13.6. The van der Waals surface area contributed by atoms with Gasteiger partial charge in [0.1, 0.15) is 0 Å². The number of nitrogens with zero attached hydrogens (tertiary/aromatic N) is 1. The third-order valence-electron chi connectivity index (χ3n) is 4.95. The predicted octanol–water partition coefficient (Wildman–Crippen LogP) is 2.56. The van der Waals surface area contributed by atoms with Crippen molar-refractivity contribution < 1.29 is 14.7 Å². The van der Waals surface area contributed by atoms with Gasteiger partial charge in [-0.05, 0) is 37.1 Å². The van der Waals surface area contributed by atoms with Gasteiger partial charge in [-0.3, -0.25) is 9.59 Å². The second kappa shape index (κ2) is 4.88. The Kier molecular flexibility index (Phi) is 3.32. The van der Waals surface area contributed by atoms with Crippen molar-refractivity contribution in [1.29, 1.82) is 0 Å². The number of carbonyl (C=O) groups excluding carboxylic acids is 1. The van der Waals surface area contributed by atoms with Crippen molar-refractivity contribution >= 4 is 23.2 Å². The van der Waals surface area contributed by atoms with Gasteiger partial charge in [0.15, 0.2) is 0 Å². The van der Waals surface area contributed by atoms with Crippen LogP contribution in [0.3, 0.4) is 0 Å². The number of carbonyl (C=O) groups is 2. The zero-order chi connectivity index (χ0) is 14.3. The lowest BCUT2D eigenvalue weighted by Gasteiger charge is -2.24. The summed E-state index contributed by atoms with van der Waals surface area (Å²) in [6.07, 6.45) is 2.62. The van der Waals surface area contributed by atoms with Crippen molar-refractivity contribution in [3.8, 4) is 0 Å². The maximum absolute atomic E-state index is 12.6. The normalized spacial score (nSPS) is 30.2. The molecule has 1 unspecified atom stereocenters. The molecule has 0 radical (unpaired) electrons. The first-order chi connectivity index (χ1) is 9.54. The summed E-state index contributed by atoms with van der Waals surface area (Å²) in [6.45, 7) is 2.91. The minimum Gasteiger partial charge on any atom is -0.481 e. The molecule has 2 aliphatic rings. The fourth-order valence-electron chi connectivity index (χ4n) is 3.74. The molecule has 2 fully saturated rings. The van der Waals surface area contributed by atoms with Crippen LogP contribution >= 0.6 is 11.3 Å². The number of amides is 1. The van der Waals surface area contributed by atoms with E-state index >= 15 is 0 Å². The predicted molar refractivity (Wildman–Crippen MR) is 76.7 cm³/mol. The third kappa shape index (κ3) is 1.95. The topological polar surface area (TPSA) is 57.6 Å². The van der Waals surface area contributed by atoms with E-state index in [0.29, 0.717) is 19.5 Å². The summed E-state index contributed by atoms with van der Waals surface area (Å²) in [5.41, 5.74) is -0.676. The van der Waals surface area contributed by atoms with E-state index in [9.17, 15) is 14.7 Å². The highest BCUT2D eigenvalue weighted by Crippen LogP contribution is 2.49. The van der Waals surface area contributed by atoms with Gasteiger partial charge in [-0.2, -0.15) is 0 Å². The van der Waals surface area contributed by atoms with Crippen molar-refractivity contribution in [3.05, 3.63) is 22.4 Å². The molecule has 1 N–H and O–H groups in total. The van der Waals surface area contributed by atoms with Gasteiger partial charge in [-0.1, -0.05) is 12.5 Å². The Balaban J connectivity index is 1.77. The van der Waals surface area contributed by atoms with Gasteiger partial charge >= 0.3 is 5.97 Å². The average Bonchev–Trinajstić information content (AvgIpc) is 3.11. The highest BCUT2D eigenvalue weighted by molar-refractivity contribution is 7.10. The van der Waals surface area contributed by atoms with Gasteiger partial charge < -0.3 is 10.0 Å². The molecule has 1 aromatic rings. The van der Waals surface area contributed by atoms with Crippen molar-refractivity contribution in [3.63, 3.8) is 0 Å². The van der Waals surface area contributed by atoms with E-state index in [1.807, 2.05) is 24.4 Å². The number of carboxylic acid groups (broad SMARTS) is 1. The van der Waals surface area contributed by atoms with E-state index in [1.165, 1.54) is 0 Å². The molecule has 5 heteroatoms. The van der Waals surface area contributed by atoms with Gasteiger partial charge in [0, 0.05) is 18.0 Å². The number of aliphatic carboxylic acids is 1. The summed E-state index contributed by atoms with van der Waals surface area (Å²) in [5.74, 6) is -0.680. The van der Waals surface area contributed by atoms with Crippen LogP contribution in [0.5, 0.6) is 0 Å². The summed E-state index contributed by atoms with van der Waals surface area (Å²) >= 11 is 1.58. The van der Waals surface area contributed by atoms with Crippen molar-refractivity contribution in [1.82, 2.24) is 4.90 Å². The number of fused-ring (bicyclic) bond motifs is 1. The number of hydrogen-bond donors (Lipinski definition) is 1. The van der Waals surface area contributed by atoms with Crippen LogP contribution in [0.4, 0.5) is 0 Å². The number of hydrogen-bond acceptors (Lipinski definition) is 3. The molecule has 1 saturated carbocycles. The van der Waals surface area contributed by atoms with E-state index in [0.717, 1.165) is 17.7 Å². The van der Waals surface area contributed by atoms with Crippen LogP contribution in [-0.2, 0) is 9.59 Å². The Hall–Kier alpha value is -1.36. The first-order valence-corrected chi connectivity index (χ1v) is 7.98. The van der Waals surface area contributed by atoms with Crippen molar-refractivity contribution in [2.24, 2.45) is 11.3 Å². The molecule has 1 amide bonds. The Bertz CT molecular complexity index is 527. The number of likely N-dealkylation sites (tertiary alicyclic amines) is 1. The summed E-state index contributed by atoms with van der Waals surface area (Å²) in [5, 5.41) is 11.5. The minimum atomic E-state index is -0.723. The zero-order valence-corrected chi connectivity index (χ0v) is 12.4. The van der Waals surface area contributed by atoms with E-state index in [1.54, 1.807) is 16.2 Å². The molecule has 1 saturated heterocycles. The van der Waals surface area contributed by atoms with Crippen molar-refractivity contribution in [2.75, 3.05) is 13.1 Å². The molecule has 108 valence electrons. The van der Waals surface area contributed by atoms with Gasteiger partial charge in [-0.15, -0.1) is 11.3 Å². The number of carboxylic acids is 1. The largest absolute Gasteiger partial charge is 0.481 e. The maximum Gasteiger partial charge on any atom is 0.311 e. The standard InChI is InChI=1S/C15H19NO3S/c1-10(12-5-3-7-20-12)13(17)16-8-11-4-2-6-15(11,9-16)14(18)19/h3,5,7,10-11H,2,4,6,8-9H2,1H3,(H,18,19)/t10?,11-,15+/m0/s1. The van der Waals surface area contributed by atoms with Crippen LogP contribution in [0.1, 0.15) is 37.0 Å². The molecule has 1 aromatic heterocycles. The first-order valence-electron chi connectivity index (χ1n) is 7.10. The van der Waals surface area contributed by atoms with Crippen molar-refractivity contribution in [2.45, 2.75) is 32.1 Å². The van der Waals surface area contributed by atoms with Gasteiger partial charge in [-0.25, -0.2) is 0 Å². The Labute approximate surface area is 122 Å². The smallest absolute Gasteiger partial charge is 0.311 e. The highest BCUT2D eigenvalue weighted by atomic mass is 32.1. The molecule has 20 heavy (non-hydrogen) atoms. The Morgan fingerprint density at radius 2 is 2.35 bits per heavy atom. The number of thiophene rings is 1. The number of rotatable bonds is 3. The average molecular weight is 293 g/mol. The van der Waals surface area contributed by atoms with Crippen LogP contribution in [-0.4, -0.2) is 35.0 Å². The lowest BCUT2D eigenvalue weighted by atomic mass is 9.81. The monoisotopic (exact) mass is 293 g/mol. The molecular weight excluding hydrogens is 274 g/mol. The van der Waals surface area contributed by atoms with Gasteiger partial charge in [0.25, 0.3) is 0 Å². The van der Waals surface area contributed by atoms with Crippen LogP contribution in [0.15, 0.2) is 17.5 Å². The molecule has 4 nitrogen and oxygen atoms in total. The summed E-state index contributed by atoms with van der Waals surface area (Å²) in [6, 6.07) is 3.92. The molecule has 1 aliphatic carbocycles. The second-order valence-electron chi connectivity index (χ2n) is 6.01. The van der Waals surface area contributed by atoms with Crippen LogP contribution in [0.2, 0.25) is 0 Å². The lowest BCUT2D eigenvalue weighted by Crippen LogP contribution is -2.38. The molecule has 0 aromatic carbocycles. The second-order valence-corrected chi connectivity index (χ2v) is 6.99. The summed E-state index contributed by atoms with van der Waals surface area (Å²) < 4.78 is 0. The zero-order valence-electron chi connectivity index (χ0n) is 11.5.